The summed E-state index contributed by atoms with van der Waals surface area (Å²) in [7, 11) is 1.67. The lowest BCUT2D eigenvalue weighted by molar-refractivity contribution is -0.130. The summed E-state index contributed by atoms with van der Waals surface area (Å²) in [4.78, 5) is 11.8. The van der Waals surface area contributed by atoms with Gasteiger partial charge >= 0.3 is 0 Å². The van der Waals surface area contributed by atoms with Crippen LogP contribution in [0.5, 0.6) is 5.75 Å². The third kappa shape index (κ3) is 3.28. The molecule has 1 aliphatic rings. The number of rotatable bonds is 5. The van der Waals surface area contributed by atoms with Crippen LogP contribution in [0.15, 0.2) is 24.3 Å². The molecule has 0 unspecified atom stereocenters. The Morgan fingerprint density at radius 1 is 1.21 bits per heavy atom. The lowest BCUT2D eigenvalue weighted by atomic mass is 9.70. The maximum atomic E-state index is 11.8. The van der Waals surface area contributed by atoms with E-state index in [2.05, 4.69) is 12.1 Å². The number of hydrogen-bond acceptors (Lipinski definition) is 2. The minimum Gasteiger partial charge on any atom is -0.497 e. The molecule has 1 amide bonds. The number of methoxy groups -OCH3 is 1. The molecule has 1 aromatic rings. The molecule has 0 aliphatic heterocycles. The first-order valence-corrected chi connectivity index (χ1v) is 7.09. The van der Waals surface area contributed by atoms with Crippen LogP contribution in [-0.4, -0.2) is 13.0 Å². The highest BCUT2D eigenvalue weighted by atomic mass is 16.5. The Balaban J connectivity index is 2.00. The molecule has 3 nitrogen and oxygen atoms in total. The first-order chi connectivity index (χ1) is 9.16. The molecule has 0 spiro atoms. The average molecular weight is 261 g/mol. The molecule has 1 saturated carbocycles. The Kier molecular flexibility index (Phi) is 4.46. The average Bonchev–Trinajstić information content (AvgIpc) is 2.46. The van der Waals surface area contributed by atoms with Gasteiger partial charge in [-0.25, -0.2) is 0 Å². The maximum absolute atomic E-state index is 11.8. The molecule has 1 aliphatic carbocycles. The van der Waals surface area contributed by atoms with E-state index in [1.54, 1.807) is 7.11 Å². The van der Waals surface area contributed by atoms with Gasteiger partial charge in [-0.1, -0.05) is 31.4 Å². The van der Waals surface area contributed by atoms with Crippen LogP contribution < -0.4 is 10.5 Å². The van der Waals surface area contributed by atoms with Gasteiger partial charge in [0.05, 0.1) is 7.11 Å². The summed E-state index contributed by atoms with van der Waals surface area (Å²) >= 11 is 0. The normalized spacial score (nSPS) is 17.9. The molecule has 2 rings (SSSR count). The number of aryl methyl sites for hydroxylation is 1. The molecule has 0 radical (unpaired) electrons. The molecule has 2 N–H and O–H groups in total. The van der Waals surface area contributed by atoms with Gasteiger partial charge in [-0.05, 0) is 43.4 Å². The molecule has 1 fully saturated rings. The maximum Gasteiger partial charge on any atom is 0.223 e. The highest BCUT2D eigenvalue weighted by Crippen LogP contribution is 2.40. The Hall–Kier alpha value is -1.51. The van der Waals surface area contributed by atoms with Crippen molar-refractivity contribution >= 4 is 5.91 Å². The third-order valence-corrected chi connectivity index (χ3v) is 4.38. The Labute approximate surface area is 115 Å². The fourth-order valence-corrected chi connectivity index (χ4v) is 3.02. The molecule has 0 atom stereocenters. The fourth-order valence-electron chi connectivity index (χ4n) is 3.02. The van der Waals surface area contributed by atoms with Gasteiger partial charge in [0.15, 0.2) is 0 Å². The summed E-state index contributed by atoms with van der Waals surface area (Å²) < 4.78 is 5.15. The van der Waals surface area contributed by atoms with Crippen molar-refractivity contribution in [2.45, 2.75) is 44.9 Å². The van der Waals surface area contributed by atoms with Gasteiger partial charge in [-0.15, -0.1) is 0 Å². The van der Waals surface area contributed by atoms with Gasteiger partial charge in [0, 0.05) is 5.41 Å². The molecular weight excluding hydrogens is 238 g/mol. The second-order valence-corrected chi connectivity index (χ2v) is 5.55. The van der Waals surface area contributed by atoms with Crippen LogP contribution in [0.2, 0.25) is 0 Å². The monoisotopic (exact) mass is 261 g/mol. The van der Waals surface area contributed by atoms with E-state index < -0.39 is 0 Å². The molecule has 19 heavy (non-hydrogen) atoms. The molecule has 0 heterocycles. The lowest BCUT2D eigenvalue weighted by Gasteiger charge is -2.34. The summed E-state index contributed by atoms with van der Waals surface area (Å²) in [5, 5.41) is 0. The summed E-state index contributed by atoms with van der Waals surface area (Å²) in [6.45, 7) is 0. The second kappa shape index (κ2) is 6.09. The molecule has 0 saturated heterocycles. The van der Waals surface area contributed by atoms with Crippen molar-refractivity contribution in [3.63, 3.8) is 0 Å². The van der Waals surface area contributed by atoms with Crippen LogP contribution in [-0.2, 0) is 11.2 Å². The smallest absolute Gasteiger partial charge is 0.223 e. The van der Waals surface area contributed by atoms with Crippen LogP contribution >= 0.6 is 0 Å². The Bertz CT molecular complexity index is 419. The predicted octanol–water partition coefficient (Wildman–Crippen LogP) is 3.06. The van der Waals surface area contributed by atoms with Gasteiger partial charge in [0.25, 0.3) is 0 Å². The van der Waals surface area contributed by atoms with Gasteiger partial charge in [0.2, 0.25) is 5.91 Å². The molecule has 0 aromatic heterocycles. The second-order valence-electron chi connectivity index (χ2n) is 5.55. The van der Waals surface area contributed by atoms with Crippen molar-refractivity contribution in [2.24, 2.45) is 11.1 Å². The van der Waals surface area contributed by atoms with E-state index in [-0.39, 0.29) is 11.3 Å². The van der Waals surface area contributed by atoms with E-state index in [9.17, 15) is 4.79 Å². The summed E-state index contributed by atoms with van der Waals surface area (Å²) in [5.74, 6) is 0.756. The third-order valence-electron chi connectivity index (χ3n) is 4.38. The van der Waals surface area contributed by atoms with Crippen molar-refractivity contribution in [3.05, 3.63) is 29.8 Å². The molecule has 104 valence electrons. The minimum absolute atomic E-state index is 0.110. The van der Waals surface area contributed by atoms with Crippen molar-refractivity contribution in [3.8, 4) is 5.75 Å². The van der Waals surface area contributed by atoms with E-state index in [1.165, 1.54) is 12.0 Å². The van der Waals surface area contributed by atoms with Crippen LogP contribution in [0.4, 0.5) is 0 Å². The van der Waals surface area contributed by atoms with Crippen LogP contribution in [0.3, 0.4) is 0 Å². The van der Waals surface area contributed by atoms with Crippen LogP contribution in [0.25, 0.3) is 0 Å². The number of benzene rings is 1. The number of carbonyl (C=O) groups is 1. The van der Waals surface area contributed by atoms with Gasteiger partial charge in [-0.3, -0.25) is 4.79 Å². The number of primary amides is 1. The first kappa shape index (κ1) is 13.9. The van der Waals surface area contributed by atoms with E-state index in [0.717, 1.165) is 44.3 Å². The Morgan fingerprint density at radius 3 is 2.37 bits per heavy atom. The summed E-state index contributed by atoms with van der Waals surface area (Å²) in [6, 6.07) is 8.06. The standard InChI is InChI=1S/C16H23NO2/c1-19-14-7-5-13(6-8-14)9-12-16(15(17)18)10-3-2-4-11-16/h5-8H,2-4,9-12H2,1H3,(H2,17,18). The molecule has 0 bridgehead atoms. The highest BCUT2D eigenvalue weighted by molar-refractivity contribution is 5.80. The SMILES string of the molecule is COc1ccc(CCC2(C(N)=O)CCCCC2)cc1. The topological polar surface area (TPSA) is 52.3 Å². The van der Waals surface area contributed by atoms with Crippen LogP contribution in [0.1, 0.15) is 44.1 Å². The lowest BCUT2D eigenvalue weighted by Crippen LogP contribution is -2.39. The highest BCUT2D eigenvalue weighted by Gasteiger charge is 2.37. The first-order valence-electron chi connectivity index (χ1n) is 7.09. The van der Waals surface area contributed by atoms with Crippen molar-refractivity contribution < 1.29 is 9.53 Å². The number of ether oxygens (including phenoxy) is 1. The minimum atomic E-state index is -0.266. The van der Waals surface area contributed by atoms with E-state index in [0.29, 0.717) is 0 Å². The van der Waals surface area contributed by atoms with Crippen molar-refractivity contribution in [2.75, 3.05) is 7.11 Å². The van der Waals surface area contributed by atoms with Gasteiger partial charge in [-0.2, -0.15) is 0 Å². The van der Waals surface area contributed by atoms with Crippen molar-refractivity contribution in [1.82, 2.24) is 0 Å². The summed E-state index contributed by atoms with van der Waals surface area (Å²) in [5.41, 5.74) is 6.63. The zero-order valence-corrected chi connectivity index (χ0v) is 11.7. The van der Waals surface area contributed by atoms with Gasteiger partial charge in [0.1, 0.15) is 5.75 Å². The van der Waals surface area contributed by atoms with E-state index in [1.807, 2.05) is 12.1 Å². The molecule has 3 heteroatoms. The summed E-state index contributed by atoms with van der Waals surface area (Å²) in [6.07, 6.45) is 7.19. The number of hydrogen-bond donors (Lipinski definition) is 1. The van der Waals surface area contributed by atoms with Crippen molar-refractivity contribution in [1.29, 1.82) is 0 Å². The number of amides is 1. The molecular formula is C16H23NO2. The zero-order chi connectivity index (χ0) is 13.7. The predicted molar refractivity (Wildman–Crippen MR) is 76.0 cm³/mol. The quantitative estimate of drug-likeness (QED) is 0.885. The van der Waals surface area contributed by atoms with Crippen LogP contribution in [0, 0.1) is 5.41 Å². The zero-order valence-electron chi connectivity index (χ0n) is 11.7. The Morgan fingerprint density at radius 2 is 1.84 bits per heavy atom. The fraction of sp³-hybridized carbons (Fsp3) is 0.562. The number of nitrogens with two attached hydrogens (primary N) is 1. The number of carbonyl (C=O) groups excluding carboxylic acids is 1. The van der Waals surface area contributed by atoms with E-state index >= 15 is 0 Å². The molecule has 1 aromatic carbocycles. The van der Waals surface area contributed by atoms with E-state index in [4.69, 9.17) is 10.5 Å². The van der Waals surface area contributed by atoms with Gasteiger partial charge < -0.3 is 10.5 Å². The largest absolute Gasteiger partial charge is 0.497 e.